The molecule has 2 heterocycles. The molecule has 2 aromatic heterocycles. The maximum atomic E-state index is 11.7. The molecule has 3 rings (SSSR count). The van der Waals surface area contributed by atoms with Gasteiger partial charge in [0.05, 0.1) is 6.33 Å². The van der Waals surface area contributed by atoms with E-state index in [0.717, 1.165) is 11.1 Å². The highest BCUT2D eigenvalue weighted by Gasteiger charge is 2.12. The second-order valence-corrected chi connectivity index (χ2v) is 5.17. The Morgan fingerprint density at radius 2 is 1.87 bits per heavy atom. The van der Waals surface area contributed by atoms with Crippen LogP contribution >= 0.6 is 0 Å². The predicted molar refractivity (Wildman–Crippen MR) is 85.5 cm³/mol. The van der Waals surface area contributed by atoms with Gasteiger partial charge in [0.1, 0.15) is 11.8 Å². The van der Waals surface area contributed by atoms with Gasteiger partial charge in [-0.25, -0.2) is 15.0 Å². The molecule has 0 amide bonds. The number of Topliss-reactive ketones (excluding diaryl/α,β-unsaturated/α-hetero) is 2. The fourth-order valence-electron chi connectivity index (χ4n) is 2.38. The number of H-pyrrole nitrogens is 1. The van der Waals surface area contributed by atoms with Crippen molar-refractivity contribution >= 4 is 28.5 Å². The van der Waals surface area contributed by atoms with E-state index in [0.29, 0.717) is 29.1 Å². The number of imidazole rings is 1. The molecule has 0 aliphatic carbocycles. The van der Waals surface area contributed by atoms with Gasteiger partial charge in [-0.3, -0.25) is 9.59 Å². The lowest BCUT2D eigenvalue weighted by atomic mass is 9.98. The van der Waals surface area contributed by atoms with E-state index in [4.69, 9.17) is 0 Å². The molecule has 0 radical (unpaired) electrons. The number of fused-ring (bicyclic) bond motifs is 1. The zero-order valence-corrected chi connectivity index (χ0v) is 12.8. The zero-order chi connectivity index (χ0) is 16.4. The van der Waals surface area contributed by atoms with E-state index in [9.17, 15) is 9.59 Å². The van der Waals surface area contributed by atoms with Crippen LogP contribution in [0.15, 0.2) is 30.9 Å². The first-order chi connectivity index (χ1) is 11.1. The molecule has 0 unspecified atom stereocenters. The van der Waals surface area contributed by atoms with Crippen molar-refractivity contribution in [2.45, 2.75) is 20.4 Å². The number of carbonyl (C=O) groups is 2. The van der Waals surface area contributed by atoms with Gasteiger partial charge in [0, 0.05) is 17.7 Å². The van der Waals surface area contributed by atoms with Crippen LogP contribution in [0.3, 0.4) is 0 Å². The molecule has 116 valence electrons. The van der Waals surface area contributed by atoms with Crippen LogP contribution in [0.25, 0.3) is 11.2 Å². The molecule has 2 N–H and O–H groups in total. The summed E-state index contributed by atoms with van der Waals surface area (Å²) < 4.78 is 0. The molecule has 7 heteroatoms. The third-order valence-electron chi connectivity index (χ3n) is 3.53. The molecule has 0 fully saturated rings. The lowest BCUT2D eigenvalue weighted by Crippen LogP contribution is -2.08. The highest BCUT2D eigenvalue weighted by atomic mass is 16.1. The lowest BCUT2D eigenvalue weighted by Gasteiger charge is -2.09. The van der Waals surface area contributed by atoms with Gasteiger partial charge in [0.15, 0.2) is 23.0 Å². The van der Waals surface area contributed by atoms with Crippen LogP contribution in [0, 0.1) is 0 Å². The fourth-order valence-corrected chi connectivity index (χ4v) is 2.38. The van der Waals surface area contributed by atoms with Crippen molar-refractivity contribution in [2.75, 3.05) is 5.32 Å². The number of aromatic amines is 1. The number of anilines is 1. The van der Waals surface area contributed by atoms with Crippen molar-refractivity contribution in [1.29, 1.82) is 0 Å². The number of aromatic nitrogens is 4. The molecule has 0 saturated carbocycles. The molecule has 0 atom stereocenters. The van der Waals surface area contributed by atoms with Gasteiger partial charge in [-0.2, -0.15) is 0 Å². The van der Waals surface area contributed by atoms with Crippen LogP contribution in [-0.4, -0.2) is 31.5 Å². The van der Waals surface area contributed by atoms with Gasteiger partial charge in [-0.15, -0.1) is 0 Å². The summed E-state index contributed by atoms with van der Waals surface area (Å²) in [4.78, 5) is 38.6. The molecule has 0 aliphatic rings. The molecular formula is C16H15N5O2. The average molecular weight is 309 g/mol. The Kier molecular flexibility index (Phi) is 3.84. The quantitative estimate of drug-likeness (QED) is 0.702. The van der Waals surface area contributed by atoms with Crippen LogP contribution in [0.2, 0.25) is 0 Å². The number of nitrogens with zero attached hydrogens (tertiary/aromatic N) is 3. The number of benzene rings is 1. The van der Waals surface area contributed by atoms with E-state index in [-0.39, 0.29) is 11.6 Å². The van der Waals surface area contributed by atoms with Crippen molar-refractivity contribution in [1.82, 2.24) is 19.9 Å². The first-order valence-electron chi connectivity index (χ1n) is 7.09. The first kappa shape index (κ1) is 14.8. The third kappa shape index (κ3) is 2.94. The molecule has 23 heavy (non-hydrogen) atoms. The Bertz CT molecular complexity index is 900. The Hall–Kier alpha value is -3.09. The van der Waals surface area contributed by atoms with Crippen LogP contribution in [-0.2, 0) is 6.54 Å². The summed E-state index contributed by atoms with van der Waals surface area (Å²) >= 11 is 0. The highest BCUT2D eigenvalue weighted by molar-refractivity contribution is 6.07. The van der Waals surface area contributed by atoms with Gasteiger partial charge in [0.2, 0.25) is 0 Å². The lowest BCUT2D eigenvalue weighted by molar-refractivity contribution is 0.0980. The average Bonchev–Trinajstić information content (AvgIpc) is 3.01. The SMILES string of the molecule is CC(=O)c1ccc(CNc2ncnc3nc[nH]c23)cc1C(C)=O. The van der Waals surface area contributed by atoms with Crippen molar-refractivity contribution in [2.24, 2.45) is 0 Å². The van der Waals surface area contributed by atoms with Gasteiger partial charge in [-0.05, 0) is 25.5 Å². The monoisotopic (exact) mass is 309 g/mol. The number of hydrogen-bond donors (Lipinski definition) is 2. The maximum Gasteiger partial charge on any atom is 0.182 e. The summed E-state index contributed by atoms with van der Waals surface area (Å²) in [5.74, 6) is 0.382. The summed E-state index contributed by atoms with van der Waals surface area (Å²) in [6.45, 7) is 3.37. The van der Waals surface area contributed by atoms with Gasteiger partial charge in [-0.1, -0.05) is 12.1 Å². The molecular weight excluding hydrogens is 294 g/mol. The number of carbonyl (C=O) groups excluding carboxylic acids is 2. The fraction of sp³-hybridized carbons (Fsp3) is 0.188. The van der Waals surface area contributed by atoms with E-state index >= 15 is 0 Å². The van der Waals surface area contributed by atoms with Crippen molar-refractivity contribution < 1.29 is 9.59 Å². The minimum Gasteiger partial charge on any atom is -0.364 e. The Balaban J connectivity index is 1.86. The predicted octanol–water partition coefficient (Wildman–Crippen LogP) is 2.37. The van der Waals surface area contributed by atoms with E-state index in [2.05, 4.69) is 25.3 Å². The topological polar surface area (TPSA) is 101 Å². The summed E-state index contributed by atoms with van der Waals surface area (Å²) in [6, 6.07) is 5.24. The van der Waals surface area contributed by atoms with Crippen LogP contribution in [0.5, 0.6) is 0 Å². The summed E-state index contributed by atoms with van der Waals surface area (Å²) in [7, 11) is 0. The van der Waals surface area contributed by atoms with Crippen molar-refractivity contribution in [3.8, 4) is 0 Å². The van der Waals surface area contributed by atoms with E-state index in [1.54, 1.807) is 18.5 Å². The van der Waals surface area contributed by atoms with Crippen LogP contribution < -0.4 is 5.32 Å². The minimum absolute atomic E-state index is 0.121. The molecule has 0 saturated heterocycles. The molecule has 3 aromatic rings. The van der Waals surface area contributed by atoms with E-state index in [1.807, 2.05) is 6.07 Å². The van der Waals surface area contributed by atoms with Gasteiger partial charge < -0.3 is 10.3 Å². The van der Waals surface area contributed by atoms with Crippen molar-refractivity contribution in [3.63, 3.8) is 0 Å². The number of hydrogen-bond acceptors (Lipinski definition) is 6. The third-order valence-corrected chi connectivity index (χ3v) is 3.53. The maximum absolute atomic E-state index is 11.7. The summed E-state index contributed by atoms with van der Waals surface area (Å²) in [6.07, 6.45) is 2.99. The standard InChI is InChI=1S/C16H15N5O2/c1-9(22)12-4-3-11(5-13(12)10(2)23)6-17-15-14-16(19-7-18-14)21-8-20-15/h3-5,7-8H,6H2,1-2H3,(H2,17,18,19,20,21). The molecule has 0 spiro atoms. The first-order valence-corrected chi connectivity index (χ1v) is 7.09. The van der Waals surface area contributed by atoms with Crippen LogP contribution in [0.4, 0.5) is 5.82 Å². The minimum atomic E-state index is -0.130. The number of rotatable bonds is 5. The molecule has 0 aliphatic heterocycles. The number of nitrogens with one attached hydrogen (secondary N) is 2. The second-order valence-electron chi connectivity index (χ2n) is 5.17. The van der Waals surface area contributed by atoms with E-state index < -0.39 is 0 Å². The van der Waals surface area contributed by atoms with Crippen LogP contribution in [0.1, 0.15) is 40.1 Å². The number of ketones is 2. The molecule has 1 aromatic carbocycles. The zero-order valence-electron chi connectivity index (χ0n) is 12.8. The van der Waals surface area contributed by atoms with Gasteiger partial charge in [0.25, 0.3) is 0 Å². The molecule has 7 nitrogen and oxygen atoms in total. The Morgan fingerprint density at radius 1 is 1.09 bits per heavy atom. The molecule has 0 bridgehead atoms. The Labute approximate surface area is 132 Å². The van der Waals surface area contributed by atoms with Crippen molar-refractivity contribution in [3.05, 3.63) is 47.5 Å². The van der Waals surface area contributed by atoms with Gasteiger partial charge >= 0.3 is 0 Å². The largest absolute Gasteiger partial charge is 0.364 e. The smallest absolute Gasteiger partial charge is 0.182 e. The second kappa shape index (κ2) is 5.96. The normalized spacial score (nSPS) is 10.7. The van der Waals surface area contributed by atoms with E-state index in [1.165, 1.54) is 20.2 Å². The highest BCUT2D eigenvalue weighted by Crippen LogP contribution is 2.18. The summed E-state index contributed by atoms with van der Waals surface area (Å²) in [5, 5.41) is 3.19. The summed E-state index contributed by atoms with van der Waals surface area (Å²) in [5.41, 5.74) is 3.07. The Morgan fingerprint density at radius 3 is 2.61 bits per heavy atom.